The van der Waals surface area contributed by atoms with Gasteiger partial charge in [0, 0.05) is 31.5 Å². The smallest absolute Gasteiger partial charge is 0.223 e. The number of hydrogen-bond acceptors (Lipinski definition) is 3. The lowest BCUT2D eigenvalue weighted by Crippen LogP contribution is -2.34. The second kappa shape index (κ2) is 10.1. The zero-order valence-corrected chi connectivity index (χ0v) is 17.1. The van der Waals surface area contributed by atoms with Gasteiger partial charge >= 0.3 is 0 Å². The molecule has 0 atom stereocenters. The molecule has 0 aromatic heterocycles. The summed E-state index contributed by atoms with van der Waals surface area (Å²) in [6.07, 6.45) is 6.69. The van der Waals surface area contributed by atoms with Crippen LogP contribution in [0.4, 0.5) is 0 Å². The minimum absolute atomic E-state index is 0.0257. The number of hydrogen-bond donors (Lipinski definition) is 1. The van der Waals surface area contributed by atoms with Gasteiger partial charge in [-0.3, -0.25) is 9.59 Å². The Morgan fingerprint density at radius 1 is 1.00 bits per heavy atom. The van der Waals surface area contributed by atoms with Crippen molar-refractivity contribution in [3.63, 3.8) is 0 Å². The fourth-order valence-electron chi connectivity index (χ4n) is 3.59. The summed E-state index contributed by atoms with van der Waals surface area (Å²) in [6, 6.07) is 14.9. The molecule has 3 rings (SSSR count). The van der Waals surface area contributed by atoms with E-state index in [1.54, 1.807) is 12.1 Å². The van der Waals surface area contributed by atoms with Gasteiger partial charge in [-0.05, 0) is 48.1 Å². The van der Waals surface area contributed by atoms with Crippen LogP contribution in [0.5, 0.6) is 5.75 Å². The first-order valence-electron chi connectivity index (χ1n) is 10.4. The van der Waals surface area contributed by atoms with Gasteiger partial charge in [0.2, 0.25) is 5.91 Å². The van der Waals surface area contributed by atoms with Crippen LogP contribution in [0.3, 0.4) is 0 Å². The number of nitrogens with zero attached hydrogens (tertiary/aromatic N) is 1. The second-order valence-electron chi connectivity index (χ2n) is 7.59. The molecule has 0 radical (unpaired) electrons. The topological polar surface area (TPSA) is 57.6 Å². The summed E-state index contributed by atoms with van der Waals surface area (Å²) in [5.74, 6) is 0.305. The van der Waals surface area contributed by atoms with E-state index >= 15 is 0 Å². The number of Topliss-reactive ketones (excluding diaryl/α,β-unsaturated/α-hetero) is 1. The third-order valence-electron chi connectivity index (χ3n) is 5.46. The molecule has 2 aromatic carbocycles. The molecule has 0 spiro atoms. The minimum Gasteiger partial charge on any atom is -0.508 e. The maximum atomic E-state index is 12.5. The van der Waals surface area contributed by atoms with Crippen molar-refractivity contribution in [2.45, 2.75) is 45.4 Å². The van der Waals surface area contributed by atoms with E-state index in [4.69, 9.17) is 0 Å². The van der Waals surface area contributed by atoms with E-state index in [1.165, 1.54) is 11.1 Å². The van der Waals surface area contributed by atoms with Gasteiger partial charge < -0.3 is 10.0 Å². The maximum Gasteiger partial charge on any atom is 0.223 e. The van der Waals surface area contributed by atoms with Crippen LogP contribution >= 0.6 is 0 Å². The van der Waals surface area contributed by atoms with Gasteiger partial charge in [0.1, 0.15) is 5.75 Å². The molecule has 1 heterocycles. The molecule has 1 aliphatic rings. The zero-order chi connectivity index (χ0) is 20.6. The third-order valence-corrected chi connectivity index (χ3v) is 5.46. The quantitative estimate of drug-likeness (QED) is 0.643. The van der Waals surface area contributed by atoms with E-state index in [0.29, 0.717) is 18.7 Å². The molecule has 0 saturated heterocycles. The fraction of sp³-hybridized carbons (Fsp3) is 0.360. The highest BCUT2D eigenvalue weighted by Crippen LogP contribution is 2.24. The monoisotopic (exact) mass is 391 g/mol. The van der Waals surface area contributed by atoms with E-state index in [0.717, 1.165) is 31.2 Å². The van der Waals surface area contributed by atoms with Crippen LogP contribution in [0.15, 0.2) is 54.6 Å². The second-order valence-corrected chi connectivity index (χ2v) is 7.59. The lowest BCUT2D eigenvalue weighted by atomic mass is 9.99. The molecule has 0 unspecified atom stereocenters. The summed E-state index contributed by atoms with van der Waals surface area (Å²) in [5, 5.41) is 9.40. The van der Waals surface area contributed by atoms with Gasteiger partial charge in [-0.2, -0.15) is 0 Å². The number of aryl methyl sites for hydroxylation is 1. The summed E-state index contributed by atoms with van der Waals surface area (Å²) in [4.78, 5) is 26.7. The van der Waals surface area contributed by atoms with Crippen molar-refractivity contribution in [3.8, 4) is 5.75 Å². The highest BCUT2D eigenvalue weighted by Gasteiger charge is 2.19. The first kappa shape index (κ1) is 20.8. The van der Waals surface area contributed by atoms with Crippen molar-refractivity contribution in [3.05, 3.63) is 71.3 Å². The zero-order valence-electron chi connectivity index (χ0n) is 17.1. The third kappa shape index (κ3) is 5.80. The molecule has 2 aromatic rings. The van der Waals surface area contributed by atoms with E-state index < -0.39 is 0 Å². The molecule has 1 amide bonds. The molecule has 152 valence electrons. The number of phenolic OH excluding ortho intramolecular Hbond substituents is 1. The molecule has 1 N–H and O–H groups in total. The Labute approximate surface area is 172 Å². The normalized spacial score (nSPS) is 13.8. The van der Waals surface area contributed by atoms with Crippen molar-refractivity contribution in [1.82, 2.24) is 4.90 Å². The Hall–Kier alpha value is -2.88. The molecule has 1 aliphatic heterocycles. The average molecular weight is 392 g/mol. The first-order valence-corrected chi connectivity index (χ1v) is 10.4. The number of benzene rings is 2. The maximum absolute atomic E-state index is 12.5. The Bertz CT molecular complexity index is 866. The molecule has 0 saturated carbocycles. The number of rotatable bonds is 8. The fourth-order valence-corrected chi connectivity index (χ4v) is 3.59. The standard InChI is InChI=1S/C25H29NO3/c1-2-3-4-19-5-7-22(8-6-19)24(28)13-14-25(29)26-17-15-21(16-18-26)20-9-11-23(27)12-10-20/h5-12,15,27H,2-4,13-14,16-18H2,1H3. The predicted molar refractivity (Wildman–Crippen MR) is 116 cm³/mol. The summed E-state index contributed by atoms with van der Waals surface area (Å²) < 4.78 is 0. The number of carbonyl (C=O) groups is 2. The molecule has 4 nitrogen and oxygen atoms in total. The lowest BCUT2D eigenvalue weighted by Gasteiger charge is -2.26. The predicted octanol–water partition coefficient (Wildman–Crippen LogP) is 5.01. The van der Waals surface area contributed by atoms with E-state index in [-0.39, 0.29) is 30.3 Å². The van der Waals surface area contributed by atoms with Crippen LogP contribution in [0.2, 0.25) is 0 Å². The summed E-state index contributed by atoms with van der Waals surface area (Å²) >= 11 is 0. The van der Waals surface area contributed by atoms with Crippen molar-refractivity contribution in [2.75, 3.05) is 13.1 Å². The van der Waals surface area contributed by atoms with Crippen LogP contribution in [-0.2, 0) is 11.2 Å². The van der Waals surface area contributed by atoms with Crippen LogP contribution in [0.25, 0.3) is 5.57 Å². The Kier molecular flexibility index (Phi) is 7.23. The van der Waals surface area contributed by atoms with Gasteiger partial charge in [0.05, 0.1) is 0 Å². The number of unbranched alkanes of at least 4 members (excludes halogenated alkanes) is 1. The Morgan fingerprint density at radius 2 is 1.72 bits per heavy atom. The number of aromatic hydroxyl groups is 1. The SMILES string of the molecule is CCCCc1ccc(C(=O)CCC(=O)N2CC=C(c3ccc(O)cc3)CC2)cc1. The van der Waals surface area contributed by atoms with Crippen LogP contribution in [-0.4, -0.2) is 34.8 Å². The molecule has 0 aliphatic carbocycles. The summed E-state index contributed by atoms with van der Waals surface area (Å²) in [5.41, 5.74) is 4.20. The molecule has 0 fully saturated rings. The molecule has 29 heavy (non-hydrogen) atoms. The van der Waals surface area contributed by atoms with Crippen LogP contribution in [0, 0.1) is 0 Å². The van der Waals surface area contributed by atoms with Gasteiger partial charge in [-0.25, -0.2) is 0 Å². The van der Waals surface area contributed by atoms with Crippen molar-refractivity contribution < 1.29 is 14.7 Å². The van der Waals surface area contributed by atoms with Crippen molar-refractivity contribution in [1.29, 1.82) is 0 Å². The minimum atomic E-state index is 0.0257. The average Bonchev–Trinajstić information content (AvgIpc) is 2.77. The number of amides is 1. The molecule has 0 bridgehead atoms. The molecule has 4 heteroatoms. The highest BCUT2D eigenvalue weighted by atomic mass is 16.3. The van der Waals surface area contributed by atoms with Crippen molar-refractivity contribution in [2.24, 2.45) is 0 Å². The Morgan fingerprint density at radius 3 is 2.34 bits per heavy atom. The van der Waals surface area contributed by atoms with Gasteiger partial charge in [0.15, 0.2) is 5.78 Å². The van der Waals surface area contributed by atoms with Gasteiger partial charge in [-0.1, -0.05) is 55.8 Å². The van der Waals surface area contributed by atoms with E-state index in [2.05, 4.69) is 13.0 Å². The lowest BCUT2D eigenvalue weighted by molar-refractivity contribution is -0.130. The highest BCUT2D eigenvalue weighted by molar-refractivity contribution is 5.98. The van der Waals surface area contributed by atoms with Gasteiger partial charge in [0.25, 0.3) is 0 Å². The molecular formula is C25H29NO3. The van der Waals surface area contributed by atoms with Gasteiger partial charge in [-0.15, -0.1) is 0 Å². The number of carbonyl (C=O) groups excluding carboxylic acids is 2. The van der Waals surface area contributed by atoms with E-state index in [1.807, 2.05) is 41.3 Å². The Balaban J connectivity index is 1.48. The van der Waals surface area contributed by atoms with Crippen molar-refractivity contribution >= 4 is 17.3 Å². The number of phenols is 1. The first-order chi connectivity index (χ1) is 14.1. The summed E-state index contributed by atoms with van der Waals surface area (Å²) in [6.45, 7) is 3.39. The van der Waals surface area contributed by atoms with Crippen LogP contribution < -0.4 is 0 Å². The summed E-state index contributed by atoms with van der Waals surface area (Å²) in [7, 11) is 0. The molecular weight excluding hydrogens is 362 g/mol. The number of ketones is 1. The largest absolute Gasteiger partial charge is 0.508 e. The van der Waals surface area contributed by atoms with E-state index in [9.17, 15) is 14.7 Å². The van der Waals surface area contributed by atoms with Crippen LogP contribution in [0.1, 0.15) is 60.5 Å².